The van der Waals surface area contributed by atoms with Gasteiger partial charge in [-0.15, -0.1) is 0 Å². The number of piperidine rings is 1. The minimum atomic E-state index is -0.418. The summed E-state index contributed by atoms with van der Waals surface area (Å²) < 4.78 is 5.59. The average molecular weight is 325 g/mol. The van der Waals surface area contributed by atoms with Gasteiger partial charge in [0.1, 0.15) is 5.60 Å². The van der Waals surface area contributed by atoms with E-state index in [0.29, 0.717) is 6.04 Å². The van der Waals surface area contributed by atoms with Crippen LogP contribution in [-0.2, 0) is 4.74 Å². The zero-order valence-corrected chi connectivity index (χ0v) is 15.4. The monoisotopic (exact) mass is 325 g/mol. The molecule has 1 amide bonds. The molecule has 1 N–H and O–H groups in total. The first kappa shape index (κ1) is 18.5. The molecule has 0 aromatic rings. The van der Waals surface area contributed by atoms with E-state index in [1.165, 1.54) is 32.2 Å². The van der Waals surface area contributed by atoms with Crippen LogP contribution in [0.4, 0.5) is 4.79 Å². The van der Waals surface area contributed by atoms with Crippen molar-refractivity contribution in [3.8, 4) is 0 Å². The minimum absolute atomic E-state index is 0.149. The van der Waals surface area contributed by atoms with Crippen LogP contribution in [0.25, 0.3) is 0 Å². The smallest absolute Gasteiger partial charge is 0.410 e. The number of nitrogens with zero attached hydrogens (tertiary/aromatic N) is 2. The van der Waals surface area contributed by atoms with E-state index in [2.05, 4.69) is 17.3 Å². The molecule has 0 bridgehead atoms. The summed E-state index contributed by atoms with van der Waals surface area (Å²) in [5.74, 6) is 0. The average Bonchev–Trinajstić information content (AvgIpc) is 2.68. The lowest BCUT2D eigenvalue weighted by Gasteiger charge is -2.37. The van der Waals surface area contributed by atoms with Gasteiger partial charge in [0.25, 0.3) is 0 Å². The van der Waals surface area contributed by atoms with Crippen molar-refractivity contribution in [2.24, 2.45) is 0 Å². The molecule has 134 valence electrons. The molecule has 0 saturated carbocycles. The SMILES string of the molecule is CN1CCCC(NCC2CCCCN2C(=O)OC(C)(C)C)CC1. The number of likely N-dealkylation sites (tertiary alicyclic amines) is 2. The number of carbonyl (C=O) groups excluding carboxylic acids is 1. The summed E-state index contributed by atoms with van der Waals surface area (Å²) in [5.41, 5.74) is -0.418. The Kier molecular flexibility index (Phi) is 6.72. The second kappa shape index (κ2) is 8.34. The lowest BCUT2D eigenvalue weighted by atomic mass is 10.0. The molecular weight excluding hydrogens is 290 g/mol. The van der Waals surface area contributed by atoms with Crippen molar-refractivity contribution in [3.05, 3.63) is 0 Å². The number of ether oxygens (including phenoxy) is 1. The normalized spacial score (nSPS) is 27.6. The van der Waals surface area contributed by atoms with E-state index < -0.39 is 5.60 Å². The lowest BCUT2D eigenvalue weighted by molar-refractivity contribution is 0.00961. The third-order valence-corrected chi connectivity index (χ3v) is 4.85. The molecule has 2 aliphatic rings. The van der Waals surface area contributed by atoms with E-state index in [4.69, 9.17) is 4.74 Å². The van der Waals surface area contributed by atoms with Gasteiger partial charge in [-0.05, 0) is 79.4 Å². The Hall–Kier alpha value is -0.810. The van der Waals surface area contributed by atoms with Crippen LogP contribution in [0, 0.1) is 0 Å². The molecule has 2 heterocycles. The van der Waals surface area contributed by atoms with Gasteiger partial charge < -0.3 is 19.9 Å². The van der Waals surface area contributed by atoms with Gasteiger partial charge in [0.2, 0.25) is 0 Å². The van der Waals surface area contributed by atoms with E-state index in [0.717, 1.165) is 32.5 Å². The summed E-state index contributed by atoms with van der Waals surface area (Å²) in [4.78, 5) is 16.8. The largest absolute Gasteiger partial charge is 0.444 e. The molecule has 2 unspecified atom stereocenters. The Balaban J connectivity index is 1.84. The van der Waals surface area contributed by atoms with Crippen molar-refractivity contribution in [1.82, 2.24) is 15.1 Å². The second-order valence-corrected chi connectivity index (χ2v) is 8.16. The fourth-order valence-corrected chi connectivity index (χ4v) is 3.52. The highest BCUT2D eigenvalue weighted by atomic mass is 16.6. The van der Waals surface area contributed by atoms with Gasteiger partial charge in [-0.1, -0.05) is 0 Å². The van der Waals surface area contributed by atoms with E-state index in [9.17, 15) is 4.79 Å². The summed E-state index contributed by atoms with van der Waals surface area (Å²) in [6, 6.07) is 0.863. The molecule has 0 spiro atoms. The summed E-state index contributed by atoms with van der Waals surface area (Å²) >= 11 is 0. The zero-order chi connectivity index (χ0) is 16.9. The van der Waals surface area contributed by atoms with Crippen molar-refractivity contribution < 1.29 is 9.53 Å². The number of hydrogen-bond donors (Lipinski definition) is 1. The van der Waals surface area contributed by atoms with E-state index in [-0.39, 0.29) is 12.1 Å². The van der Waals surface area contributed by atoms with E-state index >= 15 is 0 Å². The summed E-state index contributed by atoms with van der Waals surface area (Å²) in [6.45, 7) is 9.89. The lowest BCUT2D eigenvalue weighted by Crippen LogP contribution is -2.51. The molecular formula is C18H35N3O2. The summed E-state index contributed by atoms with van der Waals surface area (Å²) in [5, 5.41) is 3.72. The van der Waals surface area contributed by atoms with Gasteiger partial charge in [0.05, 0.1) is 0 Å². The molecule has 5 nitrogen and oxygen atoms in total. The van der Waals surface area contributed by atoms with Gasteiger partial charge >= 0.3 is 6.09 Å². The molecule has 0 aromatic heterocycles. The standard InChI is InChI=1S/C18H35N3O2/c1-18(2,3)23-17(22)21-12-6-5-9-16(21)14-19-15-8-7-11-20(4)13-10-15/h15-16,19H,5-14H2,1-4H3. The number of nitrogens with one attached hydrogen (secondary N) is 1. The molecule has 2 aliphatic heterocycles. The predicted molar refractivity (Wildman–Crippen MR) is 93.7 cm³/mol. The Labute approximate surface area is 141 Å². The predicted octanol–water partition coefficient (Wildman–Crippen LogP) is 2.85. The maximum atomic E-state index is 12.4. The highest BCUT2D eigenvalue weighted by Gasteiger charge is 2.30. The quantitative estimate of drug-likeness (QED) is 0.866. The topological polar surface area (TPSA) is 44.8 Å². The van der Waals surface area contributed by atoms with Crippen molar-refractivity contribution in [1.29, 1.82) is 0 Å². The highest BCUT2D eigenvalue weighted by Crippen LogP contribution is 2.20. The van der Waals surface area contributed by atoms with E-state index in [1.807, 2.05) is 25.7 Å². The van der Waals surface area contributed by atoms with Crippen molar-refractivity contribution in [3.63, 3.8) is 0 Å². The molecule has 0 aliphatic carbocycles. The Bertz CT molecular complexity index is 381. The fraction of sp³-hybridized carbons (Fsp3) is 0.944. The van der Waals surface area contributed by atoms with Crippen LogP contribution in [0.1, 0.15) is 59.3 Å². The number of carbonyl (C=O) groups is 1. The van der Waals surface area contributed by atoms with Crippen LogP contribution in [-0.4, -0.2) is 66.8 Å². The summed E-state index contributed by atoms with van der Waals surface area (Å²) in [7, 11) is 2.20. The summed E-state index contributed by atoms with van der Waals surface area (Å²) in [6.07, 6.45) is 6.93. The second-order valence-electron chi connectivity index (χ2n) is 8.16. The first-order valence-electron chi connectivity index (χ1n) is 9.27. The minimum Gasteiger partial charge on any atom is -0.444 e. The van der Waals surface area contributed by atoms with Crippen LogP contribution in [0.2, 0.25) is 0 Å². The van der Waals surface area contributed by atoms with Crippen LogP contribution >= 0.6 is 0 Å². The molecule has 2 saturated heterocycles. The van der Waals surface area contributed by atoms with Crippen LogP contribution in [0.3, 0.4) is 0 Å². The number of rotatable bonds is 3. The van der Waals surface area contributed by atoms with Crippen LogP contribution in [0.5, 0.6) is 0 Å². The zero-order valence-electron chi connectivity index (χ0n) is 15.4. The number of hydrogen-bond acceptors (Lipinski definition) is 4. The molecule has 2 atom stereocenters. The molecule has 2 rings (SSSR count). The first-order valence-corrected chi connectivity index (χ1v) is 9.27. The van der Waals surface area contributed by atoms with Crippen molar-refractivity contribution in [2.45, 2.75) is 77.0 Å². The van der Waals surface area contributed by atoms with E-state index in [1.54, 1.807) is 0 Å². The van der Waals surface area contributed by atoms with Crippen molar-refractivity contribution in [2.75, 3.05) is 33.2 Å². The van der Waals surface area contributed by atoms with Crippen LogP contribution in [0.15, 0.2) is 0 Å². The molecule has 5 heteroatoms. The van der Waals surface area contributed by atoms with Gasteiger partial charge in [-0.3, -0.25) is 0 Å². The maximum absolute atomic E-state index is 12.4. The third-order valence-electron chi connectivity index (χ3n) is 4.85. The third kappa shape index (κ3) is 6.30. The fourth-order valence-electron chi connectivity index (χ4n) is 3.52. The highest BCUT2D eigenvalue weighted by molar-refractivity contribution is 5.68. The van der Waals surface area contributed by atoms with Crippen molar-refractivity contribution >= 4 is 6.09 Å². The van der Waals surface area contributed by atoms with Crippen LogP contribution < -0.4 is 5.32 Å². The molecule has 0 radical (unpaired) electrons. The van der Waals surface area contributed by atoms with Gasteiger partial charge in [-0.2, -0.15) is 0 Å². The first-order chi connectivity index (χ1) is 10.8. The van der Waals surface area contributed by atoms with Gasteiger partial charge in [-0.25, -0.2) is 4.79 Å². The maximum Gasteiger partial charge on any atom is 0.410 e. The Morgan fingerprint density at radius 3 is 2.61 bits per heavy atom. The Morgan fingerprint density at radius 2 is 1.87 bits per heavy atom. The molecule has 23 heavy (non-hydrogen) atoms. The Morgan fingerprint density at radius 1 is 1.09 bits per heavy atom. The van der Waals surface area contributed by atoms with Gasteiger partial charge in [0, 0.05) is 25.2 Å². The molecule has 2 fully saturated rings. The van der Waals surface area contributed by atoms with Gasteiger partial charge in [0.15, 0.2) is 0 Å². The molecule has 0 aromatic carbocycles. The number of amides is 1.